The van der Waals surface area contributed by atoms with Crippen molar-refractivity contribution in [1.82, 2.24) is 4.98 Å². The lowest BCUT2D eigenvalue weighted by atomic mass is 9.98. The highest BCUT2D eigenvalue weighted by molar-refractivity contribution is 7.98. The van der Waals surface area contributed by atoms with Gasteiger partial charge in [-0.25, -0.2) is 4.98 Å². The molecule has 0 aliphatic carbocycles. The fourth-order valence-electron chi connectivity index (χ4n) is 1.74. The van der Waals surface area contributed by atoms with Crippen LogP contribution in [0.2, 0.25) is 0 Å². The van der Waals surface area contributed by atoms with E-state index in [1.165, 1.54) is 16.0 Å². The normalized spacial score (nSPS) is 10.8. The van der Waals surface area contributed by atoms with Gasteiger partial charge in [0.25, 0.3) is 0 Å². The lowest BCUT2D eigenvalue weighted by Crippen LogP contribution is -2.02. The maximum Gasteiger partial charge on any atom is 0.227 e. The van der Waals surface area contributed by atoms with Gasteiger partial charge in [-0.2, -0.15) is 0 Å². The van der Waals surface area contributed by atoms with Crippen molar-refractivity contribution in [2.24, 2.45) is 0 Å². The van der Waals surface area contributed by atoms with Gasteiger partial charge in [-0.15, -0.1) is 11.8 Å². The zero-order chi connectivity index (χ0) is 11.4. The topological polar surface area (TPSA) is 22.1 Å². The van der Waals surface area contributed by atoms with Gasteiger partial charge < -0.3 is 4.74 Å². The average Bonchev–Trinajstić information content (AvgIpc) is 2.26. The van der Waals surface area contributed by atoms with Crippen molar-refractivity contribution in [3.05, 3.63) is 17.3 Å². The van der Waals surface area contributed by atoms with Crippen molar-refractivity contribution in [3.63, 3.8) is 0 Å². The van der Waals surface area contributed by atoms with Gasteiger partial charge in [0, 0.05) is 6.20 Å². The summed E-state index contributed by atoms with van der Waals surface area (Å²) in [4.78, 5) is 5.54. The van der Waals surface area contributed by atoms with Gasteiger partial charge in [0.2, 0.25) is 5.88 Å². The second-order valence-corrected chi connectivity index (χ2v) is 4.56. The highest BCUT2D eigenvalue weighted by Gasteiger charge is 2.14. The first-order valence-corrected chi connectivity index (χ1v) is 6.47. The number of nitrogens with zero attached hydrogens (tertiary/aromatic N) is 1. The quantitative estimate of drug-likeness (QED) is 0.732. The minimum absolute atomic E-state index is 0.518. The standard InChI is InChI=1S/C12H19NOS/c1-6-9-10(8(2)3)7-13-12(14-4)11(9)15-5/h7-8H,6H2,1-5H3. The molecule has 0 amide bonds. The Morgan fingerprint density at radius 2 is 2.13 bits per heavy atom. The van der Waals surface area contributed by atoms with Crippen molar-refractivity contribution in [1.29, 1.82) is 0 Å². The van der Waals surface area contributed by atoms with E-state index in [-0.39, 0.29) is 0 Å². The van der Waals surface area contributed by atoms with Gasteiger partial charge >= 0.3 is 0 Å². The van der Waals surface area contributed by atoms with Crippen LogP contribution in [-0.2, 0) is 6.42 Å². The Morgan fingerprint density at radius 3 is 2.53 bits per heavy atom. The monoisotopic (exact) mass is 225 g/mol. The molecule has 0 fully saturated rings. The molecule has 3 heteroatoms. The van der Waals surface area contributed by atoms with Crippen LogP contribution >= 0.6 is 11.8 Å². The Balaban J connectivity index is 3.34. The molecule has 1 aromatic rings. The lowest BCUT2D eigenvalue weighted by molar-refractivity contribution is 0.385. The number of methoxy groups -OCH3 is 1. The molecule has 0 N–H and O–H groups in total. The third-order valence-electron chi connectivity index (χ3n) is 2.51. The van der Waals surface area contributed by atoms with Crippen LogP contribution in [0, 0.1) is 0 Å². The fourth-order valence-corrected chi connectivity index (χ4v) is 2.56. The van der Waals surface area contributed by atoms with E-state index >= 15 is 0 Å². The van der Waals surface area contributed by atoms with E-state index in [1.54, 1.807) is 18.9 Å². The van der Waals surface area contributed by atoms with E-state index in [0.29, 0.717) is 5.92 Å². The summed E-state index contributed by atoms with van der Waals surface area (Å²) in [6.45, 7) is 6.58. The maximum atomic E-state index is 5.28. The van der Waals surface area contributed by atoms with E-state index in [9.17, 15) is 0 Å². The van der Waals surface area contributed by atoms with E-state index < -0.39 is 0 Å². The van der Waals surface area contributed by atoms with Gasteiger partial charge in [-0.05, 0) is 29.7 Å². The first-order valence-electron chi connectivity index (χ1n) is 5.25. The van der Waals surface area contributed by atoms with E-state index in [0.717, 1.165) is 12.3 Å². The predicted octanol–water partition coefficient (Wildman–Crippen LogP) is 3.50. The van der Waals surface area contributed by atoms with Crippen LogP contribution in [0.1, 0.15) is 37.8 Å². The molecular formula is C12H19NOS. The summed E-state index contributed by atoms with van der Waals surface area (Å²) in [5.41, 5.74) is 2.71. The lowest BCUT2D eigenvalue weighted by Gasteiger charge is -2.16. The smallest absolute Gasteiger partial charge is 0.227 e. The molecule has 0 bridgehead atoms. The molecule has 0 radical (unpaired) electrons. The zero-order valence-electron chi connectivity index (χ0n) is 10.1. The van der Waals surface area contributed by atoms with Crippen LogP contribution in [0.5, 0.6) is 5.88 Å². The first kappa shape index (κ1) is 12.4. The van der Waals surface area contributed by atoms with Gasteiger partial charge in [0.15, 0.2) is 0 Å². The minimum Gasteiger partial charge on any atom is -0.480 e. The van der Waals surface area contributed by atoms with Crippen molar-refractivity contribution in [2.75, 3.05) is 13.4 Å². The van der Waals surface area contributed by atoms with Gasteiger partial charge in [-0.1, -0.05) is 20.8 Å². The highest BCUT2D eigenvalue weighted by atomic mass is 32.2. The molecule has 0 atom stereocenters. The molecule has 0 aromatic carbocycles. The number of rotatable bonds is 4. The molecule has 1 rings (SSSR count). The number of thioether (sulfide) groups is 1. The average molecular weight is 225 g/mol. The largest absolute Gasteiger partial charge is 0.480 e. The number of pyridine rings is 1. The summed E-state index contributed by atoms with van der Waals surface area (Å²) in [7, 11) is 1.68. The Labute approximate surface area is 96.4 Å². The second kappa shape index (κ2) is 5.40. The van der Waals surface area contributed by atoms with Crippen molar-refractivity contribution >= 4 is 11.8 Å². The minimum atomic E-state index is 0.518. The molecule has 0 aliphatic rings. The SMILES string of the molecule is CCc1c(C(C)C)cnc(OC)c1SC. The molecule has 84 valence electrons. The van der Waals surface area contributed by atoms with Crippen LogP contribution in [0.15, 0.2) is 11.1 Å². The third-order valence-corrected chi connectivity index (χ3v) is 3.34. The van der Waals surface area contributed by atoms with Crippen LogP contribution < -0.4 is 4.74 Å². The maximum absolute atomic E-state index is 5.28. The molecule has 0 saturated heterocycles. The summed E-state index contributed by atoms with van der Waals surface area (Å²) in [5.74, 6) is 1.27. The highest BCUT2D eigenvalue weighted by Crippen LogP contribution is 2.34. The molecule has 0 saturated carbocycles. The zero-order valence-corrected chi connectivity index (χ0v) is 10.9. The Bertz CT molecular complexity index is 337. The summed E-state index contributed by atoms with van der Waals surface area (Å²) in [6, 6.07) is 0. The van der Waals surface area contributed by atoms with Gasteiger partial charge in [0.1, 0.15) is 0 Å². The third kappa shape index (κ3) is 2.46. The molecule has 1 aromatic heterocycles. The van der Waals surface area contributed by atoms with Gasteiger partial charge in [-0.3, -0.25) is 0 Å². The summed E-state index contributed by atoms with van der Waals surface area (Å²) in [6.07, 6.45) is 5.05. The van der Waals surface area contributed by atoms with Crippen molar-refractivity contribution in [2.45, 2.75) is 38.0 Å². The van der Waals surface area contributed by atoms with Crippen molar-refractivity contribution in [3.8, 4) is 5.88 Å². The molecule has 0 spiro atoms. The Hall–Kier alpha value is -0.700. The number of hydrogen-bond acceptors (Lipinski definition) is 3. The Morgan fingerprint density at radius 1 is 1.47 bits per heavy atom. The number of ether oxygens (including phenoxy) is 1. The fraction of sp³-hybridized carbons (Fsp3) is 0.583. The predicted molar refractivity (Wildman–Crippen MR) is 66.0 cm³/mol. The molecule has 0 aliphatic heterocycles. The number of hydrogen-bond donors (Lipinski definition) is 0. The molecular weight excluding hydrogens is 206 g/mol. The van der Waals surface area contributed by atoms with Gasteiger partial charge in [0.05, 0.1) is 12.0 Å². The number of aromatic nitrogens is 1. The molecule has 15 heavy (non-hydrogen) atoms. The van der Waals surface area contributed by atoms with E-state index in [4.69, 9.17) is 4.74 Å². The van der Waals surface area contributed by atoms with Crippen LogP contribution in [-0.4, -0.2) is 18.3 Å². The van der Waals surface area contributed by atoms with E-state index in [1.807, 2.05) is 6.20 Å². The van der Waals surface area contributed by atoms with Crippen LogP contribution in [0.25, 0.3) is 0 Å². The van der Waals surface area contributed by atoms with E-state index in [2.05, 4.69) is 32.0 Å². The van der Waals surface area contributed by atoms with Crippen molar-refractivity contribution < 1.29 is 4.74 Å². The van der Waals surface area contributed by atoms with Crippen LogP contribution in [0.3, 0.4) is 0 Å². The van der Waals surface area contributed by atoms with Crippen LogP contribution in [0.4, 0.5) is 0 Å². The summed E-state index contributed by atoms with van der Waals surface area (Å²) in [5, 5.41) is 0. The summed E-state index contributed by atoms with van der Waals surface area (Å²) < 4.78 is 5.28. The molecule has 2 nitrogen and oxygen atoms in total. The first-order chi connectivity index (χ1) is 7.15. The second-order valence-electron chi connectivity index (χ2n) is 3.74. The molecule has 0 unspecified atom stereocenters. The Kier molecular flexibility index (Phi) is 4.45. The molecule has 1 heterocycles. The summed E-state index contributed by atoms with van der Waals surface area (Å²) >= 11 is 1.72.